The van der Waals surface area contributed by atoms with Gasteiger partial charge in [-0.05, 0) is 49.4 Å². The highest BCUT2D eigenvalue weighted by Gasteiger charge is 2.38. The van der Waals surface area contributed by atoms with Crippen LogP contribution in [0.4, 0.5) is 5.69 Å². The van der Waals surface area contributed by atoms with Gasteiger partial charge in [0.25, 0.3) is 5.91 Å². The summed E-state index contributed by atoms with van der Waals surface area (Å²) in [4.78, 5) is 25.5. The molecule has 2 N–H and O–H groups in total. The van der Waals surface area contributed by atoms with Crippen LogP contribution in [0.1, 0.15) is 32.1 Å². The minimum absolute atomic E-state index is 0.00742. The number of nitrogens with zero attached hydrogens (tertiary/aromatic N) is 1. The van der Waals surface area contributed by atoms with E-state index in [9.17, 15) is 9.59 Å². The van der Waals surface area contributed by atoms with Gasteiger partial charge in [-0.3, -0.25) is 9.59 Å². The number of ether oxygens (including phenoxy) is 1. The number of likely N-dealkylation sites (N-methyl/N-ethyl adjacent to an activating group) is 1. The Morgan fingerprint density at radius 2 is 1.92 bits per heavy atom. The quantitative estimate of drug-likeness (QED) is 0.856. The summed E-state index contributed by atoms with van der Waals surface area (Å²) < 4.78 is 5.44. The molecule has 2 fully saturated rings. The highest BCUT2D eigenvalue weighted by Crippen LogP contribution is 2.33. The zero-order valence-corrected chi connectivity index (χ0v) is 15.0. The first kappa shape index (κ1) is 17.7. The normalized spacial score (nSPS) is 25.1. The molecule has 0 radical (unpaired) electrons. The summed E-state index contributed by atoms with van der Waals surface area (Å²) in [5.41, 5.74) is 0.743. The summed E-state index contributed by atoms with van der Waals surface area (Å²) in [6, 6.07) is 7.54. The third kappa shape index (κ3) is 4.51. The molecule has 0 aromatic heterocycles. The van der Waals surface area contributed by atoms with Crippen molar-refractivity contribution in [3.8, 4) is 5.75 Å². The second-order valence-corrected chi connectivity index (χ2v) is 7.20. The largest absolute Gasteiger partial charge is 0.484 e. The Kier molecular flexibility index (Phi) is 5.58. The first-order valence-electron chi connectivity index (χ1n) is 9.03. The van der Waals surface area contributed by atoms with Gasteiger partial charge in [0.15, 0.2) is 6.61 Å². The molecule has 2 amide bonds. The van der Waals surface area contributed by atoms with Gasteiger partial charge >= 0.3 is 0 Å². The molecule has 3 unspecified atom stereocenters. The maximum Gasteiger partial charge on any atom is 0.259 e. The lowest BCUT2D eigenvalue weighted by Crippen LogP contribution is -2.39. The van der Waals surface area contributed by atoms with Gasteiger partial charge < -0.3 is 20.3 Å². The Morgan fingerprint density at radius 1 is 1.20 bits per heavy atom. The molecule has 2 aliphatic rings. The molecular weight excluding hydrogens is 318 g/mol. The van der Waals surface area contributed by atoms with Crippen LogP contribution < -0.4 is 15.4 Å². The van der Waals surface area contributed by atoms with E-state index >= 15 is 0 Å². The molecule has 1 aliphatic carbocycles. The molecule has 6 nitrogen and oxygen atoms in total. The molecule has 1 aromatic carbocycles. The lowest BCUT2D eigenvalue weighted by Gasteiger charge is -2.24. The highest BCUT2D eigenvalue weighted by molar-refractivity contribution is 5.95. The fourth-order valence-corrected chi connectivity index (χ4v) is 3.66. The van der Waals surface area contributed by atoms with Crippen molar-refractivity contribution in [2.24, 2.45) is 5.92 Å². The van der Waals surface area contributed by atoms with Gasteiger partial charge in [-0.1, -0.05) is 12.8 Å². The maximum absolute atomic E-state index is 12.5. The number of hydrogen-bond donors (Lipinski definition) is 2. The van der Waals surface area contributed by atoms with Crippen LogP contribution in [0.3, 0.4) is 0 Å². The molecule has 6 heteroatoms. The van der Waals surface area contributed by atoms with Gasteiger partial charge in [-0.25, -0.2) is 0 Å². The van der Waals surface area contributed by atoms with E-state index in [1.165, 1.54) is 30.6 Å². The van der Waals surface area contributed by atoms with Crippen molar-refractivity contribution in [3.63, 3.8) is 0 Å². The number of rotatable bonds is 5. The van der Waals surface area contributed by atoms with Crippen molar-refractivity contribution < 1.29 is 14.3 Å². The Bertz CT molecular complexity index is 601. The molecule has 25 heavy (non-hydrogen) atoms. The summed E-state index contributed by atoms with van der Waals surface area (Å²) in [6.07, 6.45) is 5.91. The van der Waals surface area contributed by atoms with Crippen LogP contribution in [0.5, 0.6) is 5.75 Å². The summed E-state index contributed by atoms with van der Waals surface area (Å²) in [5.74, 6) is 1.20. The zero-order chi connectivity index (χ0) is 17.8. The Balaban J connectivity index is 1.49. The fourth-order valence-electron chi connectivity index (χ4n) is 3.66. The molecule has 1 aromatic rings. The van der Waals surface area contributed by atoms with E-state index in [0.29, 0.717) is 17.7 Å². The summed E-state index contributed by atoms with van der Waals surface area (Å²) in [6.45, 7) is 0.00742. The molecule has 1 aliphatic heterocycles. The standard InChI is InChI=1S/C19H27N3O3/c1-22(2)18(23)12-25-15-9-7-14(8-10-15)20-19(24)17-11-13-5-3-4-6-16(13)21-17/h7-10,13,16-17,21H,3-6,11-12H2,1-2H3,(H,20,24). The van der Waals surface area contributed by atoms with Gasteiger partial charge in [0, 0.05) is 25.8 Å². The predicted molar refractivity (Wildman–Crippen MR) is 96.5 cm³/mol. The topological polar surface area (TPSA) is 70.7 Å². The predicted octanol–water partition coefficient (Wildman–Crippen LogP) is 2.01. The van der Waals surface area contributed by atoms with Gasteiger partial charge in [0.1, 0.15) is 5.75 Å². The average Bonchev–Trinajstić information content (AvgIpc) is 3.05. The average molecular weight is 345 g/mol. The van der Waals surface area contributed by atoms with Gasteiger partial charge in [0.2, 0.25) is 5.91 Å². The molecule has 3 atom stereocenters. The van der Waals surface area contributed by atoms with E-state index in [4.69, 9.17) is 4.74 Å². The SMILES string of the molecule is CN(C)C(=O)COc1ccc(NC(=O)C2CC3CCCCC3N2)cc1. The summed E-state index contributed by atoms with van der Waals surface area (Å²) in [5, 5.41) is 6.46. The molecule has 3 rings (SSSR count). The second kappa shape index (κ2) is 7.87. The summed E-state index contributed by atoms with van der Waals surface area (Å²) >= 11 is 0. The van der Waals surface area contributed by atoms with Gasteiger partial charge in [-0.2, -0.15) is 0 Å². The number of amides is 2. The van der Waals surface area contributed by atoms with E-state index in [1.54, 1.807) is 38.4 Å². The first-order chi connectivity index (χ1) is 12.0. The molecular formula is C19H27N3O3. The molecule has 0 bridgehead atoms. The Labute approximate surface area is 148 Å². The minimum atomic E-state index is -0.0956. The number of benzene rings is 1. The minimum Gasteiger partial charge on any atom is -0.484 e. The molecule has 136 valence electrons. The molecule has 1 saturated carbocycles. The molecule has 0 spiro atoms. The number of carbonyl (C=O) groups is 2. The summed E-state index contributed by atoms with van der Waals surface area (Å²) in [7, 11) is 3.38. The van der Waals surface area contributed by atoms with Crippen molar-refractivity contribution in [2.75, 3.05) is 26.0 Å². The van der Waals surface area contributed by atoms with Crippen molar-refractivity contribution in [1.82, 2.24) is 10.2 Å². The van der Waals surface area contributed by atoms with Crippen LogP contribution in [-0.4, -0.2) is 49.5 Å². The second-order valence-electron chi connectivity index (χ2n) is 7.20. The third-order valence-corrected chi connectivity index (χ3v) is 5.16. The van der Waals surface area contributed by atoms with E-state index in [-0.39, 0.29) is 24.5 Å². The van der Waals surface area contributed by atoms with Gasteiger partial charge in [0.05, 0.1) is 6.04 Å². The van der Waals surface area contributed by atoms with Crippen molar-refractivity contribution in [3.05, 3.63) is 24.3 Å². The van der Waals surface area contributed by atoms with Crippen molar-refractivity contribution in [2.45, 2.75) is 44.2 Å². The number of hydrogen-bond acceptors (Lipinski definition) is 4. The van der Waals surface area contributed by atoms with Crippen LogP contribution in [0.2, 0.25) is 0 Å². The van der Waals surface area contributed by atoms with Crippen LogP contribution in [0.25, 0.3) is 0 Å². The smallest absolute Gasteiger partial charge is 0.259 e. The van der Waals surface area contributed by atoms with Crippen molar-refractivity contribution >= 4 is 17.5 Å². The van der Waals surface area contributed by atoms with Crippen LogP contribution in [0.15, 0.2) is 24.3 Å². The van der Waals surface area contributed by atoms with E-state index in [2.05, 4.69) is 10.6 Å². The lowest BCUT2D eigenvalue weighted by atomic mass is 9.85. The first-order valence-corrected chi connectivity index (χ1v) is 9.03. The van der Waals surface area contributed by atoms with Crippen molar-refractivity contribution in [1.29, 1.82) is 0 Å². The third-order valence-electron chi connectivity index (χ3n) is 5.16. The van der Waals surface area contributed by atoms with Crippen LogP contribution in [-0.2, 0) is 9.59 Å². The molecule has 1 heterocycles. The number of anilines is 1. The zero-order valence-electron chi connectivity index (χ0n) is 15.0. The van der Waals surface area contributed by atoms with E-state index in [0.717, 1.165) is 12.1 Å². The lowest BCUT2D eigenvalue weighted by molar-refractivity contribution is -0.130. The van der Waals surface area contributed by atoms with Crippen LogP contribution >= 0.6 is 0 Å². The van der Waals surface area contributed by atoms with Crippen LogP contribution in [0, 0.1) is 5.92 Å². The number of fused-ring (bicyclic) bond motifs is 1. The Morgan fingerprint density at radius 3 is 2.60 bits per heavy atom. The fraction of sp³-hybridized carbons (Fsp3) is 0.579. The number of carbonyl (C=O) groups excluding carboxylic acids is 2. The monoisotopic (exact) mass is 345 g/mol. The van der Waals surface area contributed by atoms with E-state index < -0.39 is 0 Å². The highest BCUT2D eigenvalue weighted by atomic mass is 16.5. The van der Waals surface area contributed by atoms with E-state index in [1.807, 2.05) is 0 Å². The number of nitrogens with one attached hydrogen (secondary N) is 2. The Hall–Kier alpha value is -2.08. The van der Waals surface area contributed by atoms with Gasteiger partial charge in [-0.15, -0.1) is 0 Å². The molecule has 1 saturated heterocycles. The maximum atomic E-state index is 12.5.